The van der Waals surface area contributed by atoms with Crippen molar-refractivity contribution in [1.82, 2.24) is 4.98 Å². The molecule has 0 radical (unpaired) electrons. The summed E-state index contributed by atoms with van der Waals surface area (Å²) < 4.78 is 5.45. The van der Waals surface area contributed by atoms with Gasteiger partial charge in [0.1, 0.15) is 5.92 Å². The molecule has 2 aliphatic rings. The summed E-state index contributed by atoms with van der Waals surface area (Å²) in [7, 11) is 0. The fraction of sp³-hybridized carbons (Fsp3) is 0.474. The molecule has 0 saturated heterocycles. The molecule has 0 saturated carbocycles. The van der Waals surface area contributed by atoms with E-state index in [-0.39, 0.29) is 23.8 Å². The van der Waals surface area contributed by atoms with Crippen molar-refractivity contribution in [3.63, 3.8) is 0 Å². The van der Waals surface area contributed by atoms with Gasteiger partial charge in [-0.05, 0) is 45.2 Å². The van der Waals surface area contributed by atoms with E-state index < -0.39 is 5.92 Å². The number of aromatic nitrogens is 1. The van der Waals surface area contributed by atoms with Gasteiger partial charge in [-0.1, -0.05) is 6.07 Å². The number of ketones is 1. The van der Waals surface area contributed by atoms with Crippen LogP contribution in [0.4, 0.5) is 0 Å². The molecule has 0 amide bonds. The summed E-state index contributed by atoms with van der Waals surface area (Å²) in [5.74, 6) is -1.17. The van der Waals surface area contributed by atoms with Gasteiger partial charge in [-0.25, -0.2) is 0 Å². The Kier molecular flexibility index (Phi) is 4.60. The number of nitrogens with zero attached hydrogens (tertiary/aromatic N) is 2. The number of ether oxygens (including phenoxy) is 1. The first-order chi connectivity index (χ1) is 11.5. The lowest BCUT2D eigenvalue weighted by molar-refractivity contribution is -0.150. The molecule has 0 fully saturated rings. The van der Waals surface area contributed by atoms with Crippen LogP contribution in [0.3, 0.4) is 0 Å². The molecule has 0 bridgehead atoms. The van der Waals surface area contributed by atoms with Gasteiger partial charge in [0.15, 0.2) is 5.78 Å². The zero-order valence-electron chi connectivity index (χ0n) is 14.3. The Labute approximate surface area is 141 Å². The monoisotopic (exact) mass is 326 g/mol. The quantitative estimate of drug-likeness (QED) is 0.800. The van der Waals surface area contributed by atoms with Crippen molar-refractivity contribution in [3.05, 3.63) is 41.4 Å². The lowest BCUT2D eigenvalue weighted by Gasteiger charge is -2.34. The molecule has 1 aromatic rings. The molecular formula is C19H22N2O3. The van der Waals surface area contributed by atoms with Gasteiger partial charge in [0.05, 0.1) is 6.10 Å². The number of pyridine rings is 1. The summed E-state index contributed by atoms with van der Waals surface area (Å²) in [6.07, 6.45) is 5.31. The number of hydrogen-bond acceptors (Lipinski definition) is 5. The summed E-state index contributed by atoms with van der Waals surface area (Å²) in [5, 5.41) is 0. The van der Waals surface area contributed by atoms with Crippen molar-refractivity contribution >= 4 is 17.5 Å². The van der Waals surface area contributed by atoms with E-state index in [0.717, 1.165) is 24.1 Å². The second-order valence-electron chi connectivity index (χ2n) is 6.62. The number of carbonyl (C=O) groups excluding carboxylic acids is 2. The molecule has 1 aliphatic heterocycles. The average molecular weight is 326 g/mol. The van der Waals surface area contributed by atoms with Crippen LogP contribution in [0.25, 0.3) is 0 Å². The SMILES string of the molecule is CC1=NC2=C(C(=O)CCC2)[C@@H](c2cccnc2)C1C(=O)OC(C)C. The van der Waals surface area contributed by atoms with Gasteiger partial charge in [0, 0.05) is 41.7 Å². The number of aliphatic imine (C=N–C) groups is 1. The smallest absolute Gasteiger partial charge is 0.315 e. The number of carbonyl (C=O) groups is 2. The molecule has 24 heavy (non-hydrogen) atoms. The summed E-state index contributed by atoms with van der Waals surface area (Å²) >= 11 is 0. The van der Waals surface area contributed by atoms with E-state index >= 15 is 0 Å². The zero-order chi connectivity index (χ0) is 17.3. The van der Waals surface area contributed by atoms with E-state index in [2.05, 4.69) is 9.98 Å². The molecular weight excluding hydrogens is 304 g/mol. The maximum atomic E-state index is 12.7. The van der Waals surface area contributed by atoms with Gasteiger partial charge in [-0.2, -0.15) is 0 Å². The van der Waals surface area contributed by atoms with Gasteiger partial charge in [0.2, 0.25) is 0 Å². The van der Waals surface area contributed by atoms with E-state index in [0.29, 0.717) is 17.7 Å². The van der Waals surface area contributed by atoms with Gasteiger partial charge < -0.3 is 4.74 Å². The third kappa shape index (κ3) is 3.03. The minimum absolute atomic E-state index is 0.0868. The van der Waals surface area contributed by atoms with E-state index in [1.54, 1.807) is 12.4 Å². The topological polar surface area (TPSA) is 68.6 Å². The predicted octanol–water partition coefficient (Wildman–Crippen LogP) is 3.21. The highest BCUT2D eigenvalue weighted by Crippen LogP contribution is 2.43. The molecule has 3 rings (SSSR count). The minimum atomic E-state index is -0.572. The molecule has 5 nitrogen and oxygen atoms in total. The molecule has 5 heteroatoms. The van der Waals surface area contributed by atoms with Crippen molar-refractivity contribution in [2.45, 2.75) is 52.1 Å². The van der Waals surface area contributed by atoms with Gasteiger partial charge in [-0.3, -0.25) is 19.6 Å². The number of hydrogen-bond donors (Lipinski definition) is 0. The maximum Gasteiger partial charge on any atom is 0.315 e. The van der Waals surface area contributed by atoms with Gasteiger partial charge in [-0.15, -0.1) is 0 Å². The van der Waals surface area contributed by atoms with Crippen LogP contribution in [-0.2, 0) is 14.3 Å². The Bertz CT molecular complexity index is 719. The zero-order valence-corrected chi connectivity index (χ0v) is 14.3. The van der Waals surface area contributed by atoms with E-state index in [9.17, 15) is 9.59 Å². The summed E-state index contributed by atoms with van der Waals surface area (Å²) in [6, 6.07) is 3.74. The summed E-state index contributed by atoms with van der Waals surface area (Å²) in [4.78, 5) is 34.1. The number of Topliss-reactive ketones (excluding diaryl/α,β-unsaturated/α-hetero) is 1. The minimum Gasteiger partial charge on any atom is -0.462 e. The van der Waals surface area contributed by atoms with Crippen molar-refractivity contribution < 1.29 is 14.3 Å². The van der Waals surface area contributed by atoms with Crippen molar-refractivity contribution in [2.24, 2.45) is 10.9 Å². The largest absolute Gasteiger partial charge is 0.462 e. The normalized spacial score (nSPS) is 23.8. The van der Waals surface area contributed by atoms with E-state index in [4.69, 9.17) is 4.74 Å². The van der Waals surface area contributed by atoms with Crippen LogP contribution in [0, 0.1) is 5.92 Å². The van der Waals surface area contributed by atoms with Crippen LogP contribution >= 0.6 is 0 Å². The first-order valence-electron chi connectivity index (χ1n) is 8.41. The number of esters is 1. The van der Waals surface area contributed by atoms with Crippen LogP contribution in [0.2, 0.25) is 0 Å². The van der Waals surface area contributed by atoms with Gasteiger partial charge >= 0.3 is 5.97 Å². The third-order valence-electron chi connectivity index (χ3n) is 4.48. The fourth-order valence-electron chi connectivity index (χ4n) is 3.54. The van der Waals surface area contributed by atoms with Crippen LogP contribution in [0.1, 0.15) is 51.5 Å². The Hall–Kier alpha value is -2.30. The first-order valence-corrected chi connectivity index (χ1v) is 8.41. The lowest BCUT2D eigenvalue weighted by Crippen LogP contribution is -2.38. The molecule has 1 aliphatic carbocycles. The Balaban J connectivity index is 2.11. The van der Waals surface area contributed by atoms with Crippen molar-refractivity contribution in [1.29, 1.82) is 0 Å². The number of rotatable bonds is 3. The first kappa shape index (κ1) is 16.6. The third-order valence-corrected chi connectivity index (χ3v) is 4.48. The Morgan fingerprint density at radius 3 is 2.79 bits per heavy atom. The number of allylic oxidation sites excluding steroid dienone is 2. The lowest BCUT2D eigenvalue weighted by atomic mass is 9.72. The molecule has 2 heterocycles. The fourth-order valence-corrected chi connectivity index (χ4v) is 3.54. The van der Waals surface area contributed by atoms with Gasteiger partial charge in [0.25, 0.3) is 0 Å². The highest BCUT2D eigenvalue weighted by atomic mass is 16.5. The standard InChI is InChI=1S/C19H22N2O3/c1-11(2)24-19(23)16-12(3)21-14-7-4-8-15(22)18(14)17(16)13-6-5-9-20-10-13/h5-6,9-11,16-17H,4,7-8H2,1-3H3/t16?,17-/m0/s1. The van der Waals surface area contributed by atoms with E-state index in [1.807, 2.05) is 32.9 Å². The highest BCUT2D eigenvalue weighted by Gasteiger charge is 2.43. The van der Waals surface area contributed by atoms with Crippen LogP contribution in [0.5, 0.6) is 0 Å². The second-order valence-corrected chi connectivity index (χ2v) is 6.62. The second kappa shape index (κ2) is 6.67. The van der Waals surface area contributed by atoms with Crippen LogP contribution in [0.15, 0.2) is 40.8 Å². The highest BCUT2D eigenvalue weighted by molar-refractivity contribution is 6.08. The maximum absolute atomic E-state index is 12.7. The Morgan fingerprint density at radius 2 is 2.12 bits per heavy atom. The van der Waals surface area contributed by atoms with Crippen LogP contribution in [-0.4, -0.2) is 28.6 Å². The summed E-state index contributed by atoms with van der Waals surface area (Å²) in [6.45, 7) is 5.49. The predicted molar refractivity (Wildman–Crippen MR) is 90.7 cm³/mol. The molecule has 1 aromatic heterocycles. The summed E-state index contributed by atoms with van der Waals surface area (Å²) in [5.41, 5.74) is 3.07. The molecule has 0 N–H and O–H groups in total. The molecule has 0 aromatic carbocycles. The van der Waals surface area contributed by atoms with Crippen LogP contribution < -0.4 is 0 Å². The Morgan fingerprint density at radius 1 is 1.33 bits per heavy atom. The van der Waals surface area contributed by atoms with E-state index in [1.165, 1.54) is 0 Å². The molecule has 1 unspecified atom stereocenters. The van der Waals surface area contributed by atoms with Crippen molar-refractivity contribution in [2.75, 3.05) is 0 Å². The van der Waals surface area contributed by atoms with Crippen molar-refractivity contribution in [3.8, 4) is 0 Å². The molecule has 2 atom stereocenters. The average Bonchev–Trinajstić information content (AvgIpc) is 2.53. The molecule has 126 valence electrons. The molecule has 0 spiro atoms.